The second-order valence-corrected chi connectivity index (χ2v) is 5.88. The van der Waals surface area contributed by atoms with Crippen molar-refractivity contribution < 1.29 is 0 Å². The van der Waals surface area contributed by atoms with Crippen LogP contribution < -0.4 is 0 Å². The molecule has 0 spiro atoms. The predicted octanol–water partition coefficient (Wildman–Crippen LogP) is 5.03. The van der Waals surface area contributed by atoms with Crippen molar-refractivity contribution in [1.29, 1.82) is 0 Å². The predicted molar refractivity (Wildman–Crippen MR) is 64.4 cm³/mol. The van der Waals surface area contributed by atoms with Gasteiger partial charge in [0, 0.05) is 0 Å². The summed E-state index contributed by atoms with van der Waals surface area (Å²) in [5.74, 6) is 1.91. The van der Waals surface area contributed by atoms with Gasteiger partial charge in [-0.05, 0) is 36.5 Å². The zero-order valence-electron chi connectivity index (χ0n) is 10.6. The first kappa shape index (κ1) is 12.1. The van der Waals surface area contributed by atoms with E-state index in [1.165, 1.54) is 44.9 Å². The molecule has 0 bridgehead atoms. The van der Waals surface area contributed by atoms with Crippen molar-refractivity contribution in [2.75, 3.05) is 0 Å². The molecule has 0 amide bonds. The van der Waals surface area contributed by atoms with Gasteiger partial charge in [0.25, 0.3) is 0 Å². The SMILES string of the molecule is CCCC1(C)CCCC(C)CCC1C. The molecule has 0 aromatic rings. The van der Waals surface area contributed by atoms with E-state index in [9.17, 15) is 0 Å². The molecule has 3 unspecified atom stereocenters. The minimum Gasteiger partial charge on any atom is -0.0654 e. The largest absolute Gasteiger partial charge is 0.0654 e. The average molecular weight is 196 g/mol. The van der Waals surface area contributed by atoms with Crippen LogP contribution in [-0.2, 0) is 0 Å². The van der Waals surface area contributed by atoms with Crippen molar-refractivity contribution in [1.82, 2.24) is 0 Å². The molecule has 1 rings (SSSR count). The van der Waals surface area contributed by atoms with Gasteiger partial charge in [-0.15, -0.1) is 0 Å². The summed E-state index contributed by atoms with van der Waals surface area (Å²) in [6.07, 6.45) is 10.1. The smallest absolute Gasteiger partial charge is 0.0300 e. The van der Waals surface area contributed by atoms with Crippen molar-refractivity contribution in [3.63, 3.8) is 0 Å². The van der Waals surface area contributed by atoms with E-state index in [-0.39, 0.29) is 0 Å². The minimum absolute atomic E-state index is 0.648. The summed E-state index contributed by atoms with van der Waals surface area (Å²) in [5.41, 5.74) is 0.648. The highest BCUT2D eigenvalue weighted by Gasteiger charge is 2.31. The van der Waals surface area contributed by atoms with Gasteiger partial charge in [-0.25, -0.2) is 0 Å². The van der Waals surface area contributed by atoms with Crippen LogP contribution in [0.5, 0.6) is 0 Å². The monoisotopic (exact) mass is 196 g/mol. The van der Waals surface area contributed by atoms with Crippen LogP contribution in [0.1, 0.15) is 72.6 Å². The molecule has 0 nitrogen and oxygen atoms in total. The fourth-order valence-electron chi connectivity index (χ4n) is 3.07. The Morgan fingerprint density at radius 1 is 1.14 bits per heavy atom. The Bertz CT molecular complexity index is 161. The third kappa shape index (κ3) is 3.00. The molecule has 1 aliphatic rings. The highest BCUT2D eigenvalue weighted by Crippen LogP contribution is 2.42. The molecule has 0 aliphatic heterocycles. The maximum Gasteiger partial charge on any atom is -0.0300 e. The van der Waals surface area contributed by atoms with Gasteiger partial charge < -0.3 is 0 Å². The van der Waals surface area contributed by atoms with Crippen LogP contribution in [0.25, 0.3) is 0 Å². The van der Waals surface area contributed by atoms with Crippen LogP contribution in [-0.4, -0.2) is 0 Å². The lowest BCUT2D eigenvalue weighted by Gasteiger charge is -2.38. The van der Waals surface area contributed by atoms with Gasteiger partial charge in [-0.2, -0.15) is 0 Å². The highest BCUT2D eigenvalue weighted by molar-refractivity contribution is 4.82. The lowest BCUT2D eigenvalue weighted by atomic mass is 9.67. The Kier molecular flexibility index (Phi) is 4.47. The second-order valence-electron chi connectivity index (χ2n) is 5.88. The van der Waals surface area contributed by atoms with Crippen LogP contribution in [0.4, 0.5) is 0 Å². The number of rotatable bonds is 2. The van der Waals surface area contributed by atoms with Gasteiger partial charge in [0.15, 0.2) is 0 Å². The molecule has 84 valence electrons. The van der Waals surface area contributed by atoms with E-state index in [4.69, 9.17) is 0 Å². The van der Waals surface area contributed by atoms with Crippen molar-refractivity contribution in [2.45, 2.75) is 72.6 Å². The topological polar surface area (TPSA) is 0 Å². The summed E-state index contributed by atoms with van der Waals surface area (Å²) >= 11 is 0. The molecule has 0 heterocycles. The third-order valence-corrected chi connectivity index (χ3v) is 4.55. The molecule has 1 fully saturated rings. The summed E-state index contributed by atoms with van der Waals surface area (Å²) in [5, 5.41) is 0. The lowest BCUT2D eigenvalue weighted by molar-refractivity contribution is 0.126. The zero-order chi connectivity index (χ0) is 10.6. The summed E-state index contributed by atoms with van der Waals surface area (Å²) in [4.78, 5) is 0. The molecule has 14 heavy (non-hydrogen) atoms. The Hall–Kier alpha value is 0. The molecule has 0 aromatic heterocycles. The van der Waals surface area contributed by atoms with E-state index in [1.807, 2.05) is 0 Å². The van der Waals surface area contributed by atoms with Gasteiger partial charge in [0.2, 0.25) is 0 Å². The Labute approximate surface area is 90.5 Å². The second kappa shape index (κ2) is 5.19. The number of hydrogen-bond donors (Lipinski definition) is 0. The van der Waals surface area contributed by atoms with Crippen LogP contribution >= 0.6 is 0 Å². The maximum atomic E-state index is 2.52. The first-order valence-corrected chi connectivity index (χ1v) is 6.58. The van der Waals surface area contributed by atoms with E-state index < -0.39 is 0 Å². The van der Waals surface area contributed by atoms with Crippen molar-refractivity contribution in [2.24, 2.45) is 17.3 Å². The van der Waals surface area contributed by atoms with E-state index in [1.54, 1.807) is 0 Å². The summed E-state index contributed by atoms with van der Waals surface area (Å²) in [6, 6.07) is 0. The summed E-state index contributed by atoms with van der Waals surface area (Å²) < 4.78 is 0. The molecule has 0 heteroatoms. The molecule has 0 radical (unpaired) electrons. The Morgan fingerprint density at radius 2 is 1.86 bits per heavy atom. The van der Waals surface area contributed by atoms with E-state index in [2.05, 4.69) is 27.7 Å². The van der Waals surface area contributed by atoms with Gasteiger partial charge in [0.05, 0.1) is 0 Å². The van der Waals surface area contributed by atoms with Gasteiger partial charge in [-0.1, -0.05) is 53.4 Å². The van der Waals surface area contributed by atoms with Gasteiger partial charge >= 0.3 is 0 Å². The normalized spacial score (nSPS) is 40.3. The standard InChI is InChI=1S/C14H28/c1-5-10-14(4)11-6-7-12(2)8-9-13(14)3/h12-13H,5-11H2,1-4H3. The van der Waals surface area contributed by atoms with Gasteiger partial charge in [0.1, 0.15) is 0 Å². The molecule has 0 N–H and O–H groups in total. The molecule has 1 saturated carbocycles. The van der Waals surface area contributed by atoms with E-state index in [0.717, 1.165) is 11.8 Å². The molecule has 1 aliphatic carbocycles. The Morgan fingerprint density at radius 3 is 2.50 bits per heavy atom. The first-order valence-electron chi connectivity index (χ1n) is 6.58. The summed E-state index contributed by atoms with van der Waals surface area (Å²) in [7, 11) is 0. The molecule has 0 saturated heterocycles. The first-order chi connectivity index (χ1) is 6.58. The average Bonchev–Trinajstić information content (AvgIpc) is 2.13. The van der Waals surface area contributed by atoms with Crippen LogP contribution in [0.2, 0.25) is 0 Å². The van der Waals surface area contributed by atoms with Crippen molar-refractivity contribution in [3.8, 4) is 0 Å². The van der Waals surface area contributed by atoms with E-state index >= 15 is 0 Å². The summed E-state index contributed by atoms with van der Waals surface area (Å²) in [6.45, 7) is 9.76. The third-order valence-electron chi connectivity index (χ3n) is 4.55. The Balaban J connectivity index is 2.56. The fourth-order valence-corrected chi connectivity index (χ4v) is 3.07. The highest BCUT2D eigenvalue weighted by atomic mass is 14.4. The molecule has 0 aromatic carbocycles. The van der Waals surface area contributed by atoms with Crippen molar-refractivity contribution in [3.05, 3.63) is 0 Å². The zero-order valence-corrected chi connectivity index (χ0v) is 10.6. The lowest BCUT2D eigenvalue weighted by Crippen LogP contribution is -2.27. The van der Waals surface area contributed by atoms with Crippen LogP contribution in [0, 0.1) is 17.3 Å². The fraction of sp³-hybridized carbons (Fsp3) is 1.00. The van der Waals surface area contributed by atoms with Crippen molar-refractivity contribution >= 4 is 0 Å². The molecule has 3 atom stereocenters. The minimum atomic E-state index is 0.648. The molecular formula is C14H28. The quantitative estimate of drug-likeness (QED) is 0.581. The van der Waals surface area contributed by atoms with E-state index in [0.29, 0.717) is 5.41 Å². The maximum absolute atomic E-state index is 2.52. The number of hydrogen-bond acceptors (Lipinski definition) is 0. The van der Waals surface area contributed by atoms with Gasteiger partial charge in [-0.3, -0.25) is 0 Å². The molecular weight excluding hydrogens is 168 g/mol. The van der Waals surface area contributed by atoms with Crippen LogP contribution in [0.3, 0.4) is 0 Å². The van der Waals surface area contributed by atoms with Crippen LogP contribution in [0.15, 0.2) is 0 Å².